The lowest BCUT2D eigenvalue weighted by Crippen LogP contribution is -2.43. The van der Waals surface area contributed by atoms with Crippen LogP contribution in [0.3, 0.4) is 0 Å². The number of aromatic nitrogens is 4. The Bertz CT molecular complexity index is 1470. The van der Waals surface area contributed by atoms with Crippen LogP contribution in [0.5, 0.6) is 0 Å². The van der Waals surface area contributed by atoms with E-state index in [2.05, 4.69) is 51.7 Å². The lowest BCUT2D eigenvalue weighted by atomic mass is 10.1. The van der Waals surface area contributed by atoms with Gasteiger partial charge in [0.05, 0.1) is 11.7 Å². The zero-order chi connectivity index (χ0) is 25.9. The van der Waals surface area contributed by atoms with Crippen LogP contribution in [-0.4, -0.2) is 52.2 Å². The first-order valence-corrected chi connectivity index (χ1v) is 13.3. The van der Waals surface area contributed by atoms with Crippen molar-refractivity contribution in [3.63, 3.8) is 0 Å². The van der Waals surface area contributed by atoms with E-state index in [-0.39, 0.29) is 11.6 Å². The van der Waals surface area contributed by atoms with Crippen LogP contribution in [0.2, 0.25) is 0 Å². The van der Waals surface area contributed by atoms with Gasteiger partial charge in [0.1, 0.15) is 5.82 Å². The van der Waals surface area contributed by atoms with Crippen molar-refractivity contribution in [3.8, 4) is 11.3 Å². The molecule has 0 unspecified atom stereocenters. The van der Waals surface area contributed by atoms with Crippen LogP contribution in [0.4, 0.5) is 23.4 Å². The lowest BCUT2D eigenvalue weighted by molar-refractivity contribution is 0.561. The number of hydrogen-bond acceptors (Lipinski definition) is 8. The average Bonchev–Trinajstić information content (AvgIpc) is 2.98. The fourth-order valence-corrected chi connectivity index (χ4v) is 5.13. The third-order valence-electron chi connectivity index (χ3n) is 7.18. The molecule has 6 rings (SSSR count). The number of nitrogens with zero attached hydrogens (tertiary/aromatic N) is 6. The summed E-state index contributed by atoms with van der Waals surface area (Å²) in [5.74, 6) is 1.88. The van der Waals surface area contributed by atoms with Gasteiger partial charge in [-0.15, -0.1) is 0 Å². The third-order valence-corrected chi connectivity index (χ3v) is 7.18. The van der Waals surface area contributed by atoms with E-state index in [0.717, 1.165) is 50.5 Å². The molecular formula is C29H32N8O. The number of benzene rings is 2. The van der Waals surface area contributed by atoms with Crippen molar-refractivity contribution in [2.75, 3.05) is 47.8 Å². The highest BCUT2D eigenvalue weighted by molar-refractivity contribution is 5.63. The molecule has 4 heterocycles. The Morgan fingerprint density at radius 3 is 2.61 bits per heavy atom. The highest BCUT2D eigenvalue weighted by Crippen LogP contribution is 2.29. The molecule has 1 saturated heterocycles. The molecule has 2 aromatic heterocycles. The van der Waals surface area contributed by atoms with Crippen LogP contribution < -0.4 is 26.0 Å². The zero-order valence-electron chi connectivity index (χ0n) is 21.5. The van der Waals surface area contributed by atoms with Crippen molar-refractivity contribution >= 4 is 23.4 Å². The number of anilines is 4. The largest absolute Gasteiger partial charge is 0.369 e. The highest BCUT2D eigenvalue weighted by Gasteiger charge is 2.23. The Balaban J connectivity index is 1.26. The van der Waals surface area contributed by atoms with Crippen LogP contribution >= 0.6 is 0 Å². The van der Waals surface area contributed by atoms with Crippen molar-refractivity contribution in [3.05, 3.63) is 88.8 Å². The van der Waals surface area contributed by atoms with Crippen LogP contribution in [0, 0.1) is 0 Å². The van der Waals surface area contributed by atoms with Crippen LogP contribution in [0.25, 0.3) is 11.3 Å². The van der Waals surface area contributed by atoms with E-state index in [1.165, 1.54) is 11.3 Å². The van der Waals surface area contributed by atoms with Gasteiger partial charge in [0.25, 0.3) is 5.56 Å². The average molecular weight is 509 g/mol. The van der Waals surface area contributed by atoms with Crippen molar-refractivity contribution in [1.29, 1.82) is 0 Å². The molecule has 0 aliphatic carbocycles. The molecule has 4 aromatic rings. The smallest absolute Gasteiger partial charge is 0.255 e. The summed E-state index contributed by atoms with van der Waals surface area (Å²) in [6.07, 6.45) is 2.59. The van der Waals surface area contributed by atoms with E-state index >= 15 is 0 Å². The molecule has 1 fully saturated rings. The van der Waals surface area contributed by atoms with Gasteiger partial charge in [-0.25, -0.2) is 9.97 Å². The Labute approximate surface area is 222 Å². The predicted octanol–water partition coefficient (Wildman–Crippen LogP) is 3.82. The molecule has 2 N–H and O–H groups in total. The fraction of sp³-hybridized carbons (Fsp3) is 0.310. The monoisotopic (exact) mass is 508 g/mol. The molecule has 38 heavy (non-hydrogen) atoms. The topological polar surface area (TPSA) is 91.2 Å². The minimum Gasteiger partial charge on any atom is -0.369 e. The molecular weight excluding hydrogens is 476 g/mol. The molecule has 9 nitrogen and oxygen atoms in total. The van der Waals surface area contributed by atoms with Gasteiger partial charge in [0.2, 0.25) is 11.9 Å². The van der Waals surface area contributed by atoms with Crippen molar-refractivity contribution < 1.29 is 0 Å². The quantitative estimate of drug-likeness (QED) is 0.406. The molecule has 0 bridgehead atoms. The SMILES string of the molecule is C[C@H](Nc1nccc(N2CCCn3c2nc(-c2ccccc2)cc3=O)n1)c1cccc(N2CCNCC2)c1. The zero-order valence-corrected chi connectivity index (χ0v) is 21.5. The normalized spacial score (nSPS) is 16.1. The lowest BCUT2D eigenvalue weighted by Gasteiger charge is -2.30. The maximum Gasteiger partial charge on any atom is 0.255 e. The summed E-state index contributed by atoms with van der Waals surface area (Å²) in [7, 11) is 0. The molecule has 2 aliphatic rings. The van der Waals surface area contributed by atoms with Crippen molar-refractivity contribution in [2.24, 2.45) is 0 Å². The van der Waals surface area contributed by atoms with Crippen molar-refractivity contribution in [1.82, 2.24) is 24.8 Å². The van der Waals surface area contributed by atoms with Crippen molar-refractivity contribution in [2.45, 2.75) is 25.9 Å². The summed E-state index contributed by atoms with van der Waals surface area (Å²) >= 11 is 0. The molecule has 0 amide bonds. The van der Waals surface area contributed by atoms with Crippen LogP contribution in [0.15, 0.2) is 77.7 Å². The number of fused-ring (bicyclic) bond motifs is 1. The molecule has 2 aliphatic heterocycles. The first-order chi connectivity index (χ1) is 18.7. The van der Waals surface area contributed by atoms with Gasteiger partial charge in [-0.1, -0.05) is 42.5 Å². The van der Waals surface area contributed by atoms with Gasteiger partial charge < -0.3 is 15.5 Å². The van der Waals surface area contributed by atoms with E-state index in [0.29, 0.717) is 24.1 Å². The Kier molecular flexibility index (Phi) is 6.75. The molecule has 9 heteroatoms. The second-order valence-electron chi connectivity index (χ2n) is 9.74. The highest BCUT2D eigenvalue weighted by atomic mass is 16.1. The van der Waals surface area contributed by atoms with Gasteiger partial charge in [0, 0.05) is 62.8 Å². The number of hydrogen-bond donors (Lipinski definition) is 2. The van der Waals surface area contributed by atoms with Gasteiger partial charge >= 0.3 is 0 Å². The summed E-state index contributed by atoms with van der Waals surface area (Å²) in [4.78, 5) is 31.6. The maximum atomic E-state index is 13.0. The Morgan fingerprint density at radius 1 is 0.921 bits per heavy atom. The second-order valence-corrected chi connectivity index (χ2v) is 9.74. The van der Waals surface area contributed by atoms with Crippen LogP contribution in [-0.2, 0) is 6.54 Å². The summed E-state index contributed by atoms with van der Waals surface area (Å²) in [5, 5.41) is 6.88. The molecule has 0 saturated carbocycles. The standard InChI is InChI=1S/C29H32N8O/c1-21(23-9-5-10-24(19-23)35-17-13-30-14-18-35)32-28-31-12-11-26(34-28)36-15-6-16-37-27(38)20-25(33-29(36)37)22-7-3-2-4-8-22/h2-5,7-12,19-21,30H,6,13-18H2,1H3,(H,31,32,34)/t21-/m0/s1. The van der Waals surface area contributed by atoms with Gasteiger partial charge in [-0.05, 0) is 37.1 Å². The Hall–Kier alpha value is -4.24. The molecule has 0 spiro atoms. The minimum atomic E-state index is -0.0519. The van der Waals surface area contributed by atoms with E-state index in [4.69, 9.17) is 9.97 Å². The first-order valence-electron chi connectivity index (χ1n) is 13.3. The van der Waals surface area contributed by atoms with Gasteiger partial charge in [0.15, 0.2) is 0 Å². The number of nitrogens with one attached hydrogen (secondary N) is 2. The summed E-state index contributed by atoms with van der Waals surface area (Å²) < 4.78 is 1.73. The summed E-state index contributed by atoms with van der Waals surface area (Å²) in [6, 6.07) is 22.0. The minimum absolute atomic E-state index is 0.0205. The van der Waals surface area contributed by atoms with Crippen LogP contribution in [0.1, 0.15) is 24.9 Å². The van der Waals surface area contributed by atoms with Gasteiger partial charge in [-0.3, -0.25) is 14.3 Å². The summed E-state index contributed by atoms with van der Waals surface area (Å²) in [5.41, 5.74) is 3.95. The van der Waals surface area contributed by atoms with E-state index in [1.807, 2.05) is 41.3 Å². The maximum absolute atomic E-state index is 13.0. The number of piperazine rings is 1. The first kappa shape index (κ1) is 24.1. The summed E-state index contributed by atoms with van der Waals surface area (Å²) in [6.45, 7) is 7.52. The van der Waals surface area contributed by atoms with Gasteiger partial charge in [-0.2, -0.15) is 4.98 Å². The molecule has 2 aromatic carbocycles. The number of rotatable bonds is 6. The van der Waals surface area contributed by atoms with E-state index in [1.54, 1.807) is 16.8 Å². The third kappa shape index (κ3) is 4.97. The molecule has 1 atom stereocenters. The fourth-order valence-electron chi connectivity index (χ4n) is 5.13. The van der Waals surface area contributed by atoms with E-state index in [9.17, 15) is 4.79 Å². The molecule has 0 radical (unpaired) electrons. The second kappa shape index (κ2) is 10.6. The van der Waals surface area contributed by atoms with E-state index < -0.39 is 0 Å². The Morgan fingerprint density at radius 2 is 1.76 bits per heavy atom. The predicted molar refractivity (Wildman–Crippen MR) is 151 cm³/mol. The molecule has 194 valence electrons.